The molecule has 0 aromatic heterocycles. The third kappa shape index (κ3) is 6.85. The predicted octanol–water partition coefficient (Wildman–Crippen LogP) is 5.68. The topological polar surface area (TPSA) is 99.1 Å². The average molecular weight is 546 g/mol. The van der Waals surface area contributed by atoms with E-state index in [1.807, 2.05) is 26.0 Å². The first-order valence-electron chi connectivity index (χ1n) is 13.0. The van der Waals surface area contributed by atoms with Gasteiger partial charge in [0.05, 0.1) is 18.4 Å². The highest BCUT2D eigenvalue weighted by atomic mass is 19.4. The Morgan fingerprint density at radius 3 is 2.18 bits per heavy atom. The summed E-state index contributed by atoms with van der Waals surface area (Å²) >= 11 is 0. The second-order valence-electron chi connectivity index (χ2n) is 10.0. The molecular formula is C29H34F3N3O4. The monoisotopic (exact) mass is 545 g/mol. The summed E-state index contributed by atoms with van der Waals surface area (Å²) in [5.74, 6) is -3.56. The van der Waals surface area contributed by atoms with Crippen molar-refractivity contribution >= 4 is 23.5 Å². The number of hydrogen-bond donors (Lipinski definition) is 2. The summed E-state index contributed by atoms with van der Waals surface area (Å²) < 4.78 is 41.6. The van der Waals surface area contributed by atoms with E-state index in [-0.39, 0.29) is 31.5 Å². The molecule has 2 aromatic carbocycles. The minimum Gasteiger partial charge on any atom is -0.481 e. The maximum atomic E-state index is 13.9. The maximum absolute atomic E-state index is 13.9. The number of hydrogen-bond acceptors (Lipinski definition) is 4. The summed E-state index contributed by atoms with van der Waals surface area (Å²) in [6.07, 6.45) is -4.76. The van der Waals surface area contributed by atoms with Crippen LogP contribution in [0.15, 0.2) is 53.5 Å². The van der Waals surface area contributed by atoms with Crippen LogP contribution in [0.1, 0.15) is 79.5 Å². The first-order chi connectivity index (χ1) is 18.3. The lowest BCUT2D eigenvalue weighted by molar-refractivity contribution is -0.185. The minimum absolute atomic E-state index is 0.0228. The lowest BCUT2D eigenvalue weighted by atomic mass is 9.90. The highest BCUT2D eigenvalue weighted by molar-refractivity contribution is 6.46. The number of nitrogens with one attached hydrogen (secondary N) is 1. The highest BCUT2D eigenvalue weighted by Gasteiger charge is 2.51. The molecule has 2 aromatic rings. The molecule has 39 heavy (non-hydrogen) atoms. The van der Waals surface area contributed by atoms with Crippen LogP contribution in [0.4, 0.5) is 13.2 Å². The SMILES string of the molecule is CCC(c1ccc(C(=O)NCCC(=O)O)cc1)N1C(=O)C(c2ccc(C)cc2)=NC1(C)CC(CC)C(F)(F)F. The fraction of sp³-hybridized carbons (Fsp3) is 0.448. The highest BCUT2D eigenvalue weighted by Crippen LogP contribution is 2.44. The first-order valence-corrected chi connectivity index (χ1v) is 13.0. The molecule has 3 rings (SSSR count). The number of carbonyl (C=O) groups excluding carboxylic acids is 2. The van der Waals surface area contributed by atoms with E-state index in [0.29, 0.717) is 23.1 Å². The molecule has 1 heterocycles. The quantitative estimate of drug-likeness (QED) is 0.380. The lowest BCUT2D eigenvalue weighted by Gasteiger charge is -2.41. The van der Waals surface area contributed by atoms with Gasteiger partial charge >= 0.3 is 12.1 Å². The molecule has 1 aliphatic heterocycles. The average Bonchev–Trinajstić information content (AvgIpc) is 3.13. The number of benzene rings is 2. The Balaban J connectivity index is 1.98. The predicted molar refractivity (Wildman–Crippen MR) is 141 cm³/mol. The number of aryl methyl sites for hydroxylation is 1. The summed E-state index contributed by atoms with van der Waals surface area (Å²) in [6, 6.07) is 13.0. The van der Waals surface area contributed by atoms with Crippen molar-refractivity contribution in [2.75, 3.05) is 6.54 Å². The number of rotatable bonds is 11. The third-order valence-corrected chi connectivity index (χ3v) is 7.09. The normalized spacial score (nSPS) is 19.0. The van der Waals surface area contributed by atoms with Gasteiger partial charge in [0.25, 0.3) is 11.8 Å². The molecule has 0 saturated heterocycles. The van der Waals surface area contributed by atoms with E-state index in [0.717, 1.165) is 5.56 Å². The minimum atomic E-state index is -4.44. The van der Waals surface area contributed by atoms with Gasteiger partial charge in [-0.3, -0.25) is 19.4 Å². The van der Waals surface area contributed by atoms with E-state index in [1.54, 1.807) is 43.3 Å². The number of alkyl halides is 3. The van der Waals surface area contributed by atoms with Crippen molar-refractivity contribution < 1.29 is 32.7 Å². The smallest absolute Gasteiger partial charge is 0.391 e. The molecule has 2 amide bonds. The molecule has 3 atom stereocenters. The number of amides is 2. The first kappa shape index (κ1) is 29.9. The maximum Gasteiger partial charge on any atom is 0.391 e. The van der Waals surface area contributed by atoms with Crippen molar-refractivity contribution in [3.05, 3.63) is 70.8 Å². The van der Waals surface area contributed by atoms with E-state index in [2.05, 4.69) is 10.3 Å². The Bertz CT molecular complexity index is 1230. The molecule has 210 valence electrons. The number of nitrogens with zero attached hydrogens (tertiary/aromatic N) is 2. The van der Waals surface area contributed by atoms with Gasteiger partial charge in [-0.2, -0.15) is 13.2 Å². The summed E-state index contributed by atoms with van der Waals surface area (Å²) in [6.45, 7) is 6.77. The van der Waals surface area contributed by atoms with E-state index < -0.39 is 41.6 Å². The number of carboxylic acid groups (broad SMARTS) is 1. The third-order valence-electron chi connectivity index (χ3n) is 7.09. The van der Waals surface area contributed by atoms with Crippen molar-refractivity contribution in [2.45, 2.75) is 71.3 Å². The number of carboxylic acids is 1. The van der Waals surface area contributed by atoms with Crippen LogP contribution < -0.4 is 5.32 Å². The standard InChI is InChI=1S/C29H34F3N3O4/c1-5-22(29(30,31)32)17-28(4)34-25(20-9-7-18(3)8-10-20)27(39)35(28)23(6-2)19-11-13-21(14-12-19)26(38)33-16-15-24(36)37/h7-14,22-23H,5-6,15-17H2,1-4H3,(H,33,38)(H,36,37). The van der Waals surface area contributed by atoms with Crippen LogP contribution in [0.5, 0.6) is 0 Å². The number of halogens is 3. The Kier molecular flexibility index (Phi) is 9.19. The van der Waals surface area contributed by atoms with Gasteiger partial charge in [0, 0.05) is 24.1 Å². The van der Waals surface area contributed by atoms with Crippen molar-refractivity contribution in [1.29, 1.82) is 0 Å². The summed E-state index contributed by atoms with van der Waals surface area (Å²) in [7, 11) is 0. The second kappa shape index (κ2) is 12.0. The molecule has 0 aliphatic carbocycles. The van der Waals surface area contributed by atoms with Crippen molar-refractivity contribution in [3.63, 3.8) is 0 Å². The molecule has 0 spiro atoms. The van der Waals surface area contributed by atoms with Crippen molar-refractivity contribution in [1.82, 2.24) is 10.2 Å². The number of aliphatic imine (C=N–C) groups is 1. The molecule has 0 fully saturated rings. The van der Waals surface area contributed by atoms with Gasteiger partial charge in [-0.1, -0.05) is 55.8 Å². The van der Waals surface area contributed by atoms with E-state index in [4.69, 9.17) is 5.11 Å². The van der Waals surface area contributed by atoms with Crippen molar-refractivity contribution in [2.24, 2.45) is 10.9 Å². The fourth-order valence-corrected chi connectivity index (χ4v) is 4.96. The fourth-order valence-electron chi connectivity index (χ4n) is 4.96. The van der Waals surface area contributed by atoms with Crippen LogP contribution >= 0.6 is 0 Å². The molecular weight excluding hydrogens is 511 g/mol. The molecule has 0 saturated carbocycles. The van der Waals surface area contributed by atoms with E-state index in [9.17, 15) is 27.6 Å². The molecule has 1 aliphatic rings. The zero-order valence-corrected chi connectivity index (χ0v) is 22.5. The van der Waals surface area contributed by atoms with Gasteiger partial charge in [0.2, 0.25) is 0 Å². The molecule has 3 unspecified atom stereocenters. The lowest BCUT2D eigenvalue weighted by Crippen LogP contribution is -2.49. The zero-order valence-electron chi connectivity index (χ0n) is 22.5. The van der Waals surface area contributed by atoms with Gasteiger partial charge in [0.1, 0.15) is 11.4 Å². The van der Waals surface area contributed by atoms with Crippen LogP contribution in [0.25, 0.3) is 0 Å². The Hall–Kier alpha value is -3.69. The van der Waals surface area contributed by atoms with Crippen LogP contribution in [-0.4, -0.2) is 51.9 Å². The van der Waals surface area contributed by atoms with Crippen LogP contribution in [0.3, 0.4) is 0 Å². The van der Waals surface area contributed by atoms with E-state index in [1.165, 1.54) is 11.8 Å². The summed E-state index contributed by atoms with van der Waals surface area (Å²) in [5, 5.41) is 11.3. The number of carbonyl (C=O) groups is 3. The molecule has 2 N–H and O–H groups in total. The molecule has 0 bridgehead atoms. The van der Waals surface area contributed by atoms with E-state index >= 15 is 0 Å². The number of aliphatic carboxylic acids is 1. The van der Waals surface area contributed by atoms with Gasteiger partial charge in [-0.25, -0.2) is 0 Å². The van der Waals surface area contributed by atoms with Crippen LogP contribution in [-0.2, 0) is 9.59 Å². The molecule has 10 heteroatoms. The summed E-state index contributed by atoms with van der Waals surface area (Å²) in [4.78, 5) is 43.0. The van der Waals surface area contributed by atoms with Crippen molar-refractivity contribution in [3.8, 4) is 0 Å². The largest absolute Gasteiger partial charge is 0.481 e. The van der Waals surface area contributed by atoms with Crippen LogP contribution in [0.2, 0.25) is 0 Å². The second-order valence-corrected chi connectivity index (χ2v) is 10.0. The van der Waals surface area contributed by atoms with Crippen LogP contribution in [0, 0.1) is 12.8 Å². The Morgan fingerprint density at radius 1 is 1.05 bits per heavy atom. The molecule has 0 radical (unpaired) electrons. The van der Waals surface area contributed by atoms with Gasteiger partial charge in [-0.15, -0.1) is 0 Å². The van der Waals surface area contributed by atoms with Gasteiger partial charge in [0.15, 0.2) is 0 Å². The van der Waals surface area contributed by atoms with Gasteiger partial charge < -0.3 is 15.3 Å². The Morgan fingerprint density at radius 2 is 1.67 bits per heavy atom. The Labute approximate surface area is 226 Å². The molecule has 7 nitrogen and oxygen atoms in total. The zero-order chi connectivity index (χ0) is 29.0. The summed E-state index contributed by atoms with van der Waals surface area (Å²) in [5.41, 5.74) is 1.16. The van der Waals surface area contributed by atoms with Gasteiger partial charge in [-0.05, 0) is 44.4 Å².